The highest BCUT2D eigenvalue weighted by Gasteiger charge is 2.10. The minimum atomic E-state index is -0.0404. The molecule has 4 rings (SSSR count). The second-order valence-electron chi connectivity index (χ2n) is 8.53. The predicted molar refractivity (Wildman–Crippen MR) is 139 cm³/mol. The van der Waals surface area contributed by atoms with Gasteiger partial charge in [-0.05, 0) is 61.2 Å². The van der Waals surface area contributed by atoms with Crippen LogP contribution < -0.4 is 10.6 Å². The molecule has 0 aliphatic carbocycles. The van der Waals surface area contributed by atoms with E-state index in [0.29, 0.717) is 18.7 Å². The third kappa shape index (κ3) is 6.15. The minimum Gasteiger partial charge on any atom is -0.508 e. The van der Waals surface area contributed by atoms with E-state index in [0.717, 1.165) is 35.9 Å². The van der Waals surface area contributed by atoms with Crippen molar-refractivity contribution in [2.45, 2.75) is 26.3 Å². The second kappa shape index (κ2) is 11.3. The molecular formula is C29H31N3O2. The van der Waals surface area contributed by atoms with Gasteiger partial charge in [0.1, 0.15) is 5.75 Å². The van der Waals surface area contributed by atoms with Crippen molar-refractivity contribution in [3.63, 3.8) is 0 Å². The van der Waals surface area contributed by atoms with Gasteiger partial charge in [0.15, 0.2) is 0 Å². The average Bonchev–Trinajstić information content (AvgIpc) is 3.24. The van der Waals surface area contributed by atoms with E-state index in [2.05, 4.69) is 40.8 Å². The third-order valence-corrected chi connectivity index (χ3v) is 5.92. The lowest BCUT2D eigenvalue weighted by molar-refractivity contribution is 0.0953. The van der Waals surface area contributed by atoms with Gasteiger partial charge < -0.3 is 20.7 Å². The van der Waals surface area contributed by atoms with Crippen LogP contribution in [-0.2, 0) is 13.0 Å². The Hall–Kier alpha value is -3.83. The van der Waals surface area contributed by atoms with Crippen molar-refractivity contribution < 1.29 is 9.90 Å². The van der Waals surface area contributed by atoms with Crippen LogP contribution in [0.25, 0.3) is 17.0 Å². The lowest BCUT2D eigenvalue weighted by Crippen LogP contribution is -2.27. The molecule has 1 heterocycles. The molecule has 0 atom stereocenters. The van der Waals surface area contributed by atoms with Gasteiger partial charge in [0, 0.05) is 41.8 Å². The van der Waals surface area contributed by atoms with Crippen molar-refractivity contribution in [1.82, 2.24) is 15.6 Å². The van der Waals surface area contributed by atoms with E-state index in [1.165, 1.54) is 16.7 Å². The monoisotopic (exact) mass is 453 g/mol. The zero-order valence-electron chi connectivity index (χ0n) is 19.5. The van der Waals surface area contributed by atoms with E-state index in [-0.39, 0.29) is 11.7 Å². The van der Waals surface area contributed by atoms with Gasteiger partial charge >= 0.3 is 0 Å². The predicted octanol–water partition coefficient (Wildman–Crippen LogP) is 5.43. The first-order chi connectivity index (χ1) is 16.6. The van der Waals surface area contributed by atoms with Gasteiger partial charge in [-0.25, -0.2) is 0 Å². The van der Waals surface area contributed by atoms with Crippen molar-refractivity contribution in [3.8, 4) is 5.75 Å². The molecule has 0 bridgehead atoms. The zero-order valence-corrected chi connectivity index (χ0v) is 19.5. The van der Waals surface area contributed by atoms with E-state index in [1.54, 1.807) is 12.1 Å². The summed E-state index contributed by atoms with van der Waals surface area (Å²) in [7, 11) is 0. The summed E-state index contributed by atoms with van der Waals surface area (Å²) in [5, 5.41) is 17.3. The number of H-pyrrole nitrogens is 1. The van der Waals surface area contributed by atoms with Gasteiger partial charge in [-0.1, -0.05) is 60.2 Å². The fourth-order valence-corrected chi connectivity index (χ4v) is 4.10. The molecule has 1 amide bonds. The van der Waals surface area contributed by atoms with E-state index >= 15 is 0 Å². The molecular weight excluding hydrogens is 422 g/mol. The van der Waals surface area contributed by atoms with Crippen LogP contribution in [0.15, 0.2) is 84.6 Å². The molecule has 0 spiro atoms. The normalized spacial score (nSPS) is 11.6. The van der Waals surface area contributed by atoms with Crippen LogP contribution in [0.1, 0.15) is 40.4 Å². The molecule has 5 nitrogen and oxygen atoms in total. The Morgan fingerprint density at radius 2 is 1.76 bits per heavy atom. The van der Waals surface area contributed by atoms with Crippen LogP contribution in [0.2, 0.25) is 0 Å². The van der Waals surface area contributed by atoms with Gasteiger partial charge in [0.2, 0.25) is 0 Å². The molecule has 0 aliphatic rings. The molecule has 4 N–H and O–H groups in total. The number of amides is 1. The Labute approximate surface area is 200 Å². The van der Waals surface area contributed by atoms with Crippen molar-refractivity contribution in [3.05, 3.63) is 107 Å². The molecule has 0 saturated heterocycles. The molecule has 1 aromatic heterocycles. The Bertz CT molecular complexity index is 1280. The van der Waals surface area contributed by atoms with Crippen molar-refractivity contribution >= 4 is 22.9 Å². The van der Waals surface area contributed by atoms with Crippen molar-refractivity contribution in [2.24, 2.45) is 0 Å². The van der Waals surface area contributed by atoms with Gasteiger partial charge in [0.05, 0.1) is 0 Å². The highest BCUT2D eigenvalue weighted by Crippen LogP contribution is 2.22. The quantitative estimate of drug-likeness (QED) is 0.242. The summed E-state index contributed by atoms with van der Waals surface area (Å²) in [6.07, 6.45) is 5.80. The maximum Gasteiger partial charge on any atom is 0.251 e. The molecule has 4 aromatic rings. The van der Waals surface area contributed by atoms with Crippen LogP contribution in [0.3, 0.4) is 0 Å². The molecule has 5 heteroatoms. The number of hydrogen-bond donors (Lipinski definition) is 4. The van der Waals surface area contributed by atoms with Gasteiger partial charge in [-0.15, -0.1) is 0 Å². The standard InChI is InChI=1S/C29H31N3O2/c1-21(17-22-7-3-2-4-8-22)13-16-31-29(34)27-10-6-5-9-23(27)19-30-15-14-24-20-32-28-18-25(33)11-12-26(24)28/h2-12,17-18,20,30,32-33H,13-16,19H2,1H3,(H,31,34)/b21-17+. The lowest BCUT2D eigenvalue weighted by Gasteiger charge is -2.11. The first kappa shape index (κ1) is 23.3. The number of aromatic hydroxyl groups is 1. The molecule has 34 heavy (non-hydrogen) atoms. The Morgan fingerprint density at radius 1 is 0.971 bits per heavy atom. The fraction of sp³-hybridized carbons (Fsp3) is 0.207. The van der Waals surface area contributed by atoms with Crippen LogP contribution in [0.5, 0.6) is 5.75 Å². The summed E-state index contributed by atoms with van der Waals surface area (Å²) >= 11 is 0. The van der Waals surface area contributed by atoms with Crippen LogP contribution in [0, 0.1) is 0 Å². The molecule has 0 aliphatic heterocycles. The summed E-state index contributed by atoms with van der Waals surface area (Å²) < 4.78 is 0. The summed E-state index contributed by atoms with van der Waals surface area (Å²) in [4.78, 5) is 16.0. The number of aromatic nitrogens is 1. The highest BCUT2D eigenvalue weighted by atomic mass is 16.3. The summed E-state index contributed by atoms with van der Waals surface area (Å²) in [5.41, 5.74) is 6.24. The van der Waals surface area contributed by atoms with E-state index in [4.69, 9.17) is 0 Å². The lowest BCUT2D eigenvalue weighted by atomic mass is 10.1. The number of aromatic amines is 1. The maximum absolute atomic E-state index is 12.8. The van der Waals surface area contributed by atoms with Gasteiger partial charge in [-0.3, -0.25) is 4.79 Å². The first-order valence-electron chi connectivity index (χ1n) is 11.7. The largest absolute Gasteiger partial charge is 0.508 e. The third-order valence-electron chi connectivity index (χ3n) is 5.92. The van der Waals surface area contributed by atoms with Crippen molar-refractivity contribution in [1.29, 1.82) is 0 Å². The second-order valence-corrected chi connectivity index (χ2v) is 8.53. The minimum absolute atomic E-state index is 0.0404. The number of fused-ring (bicyclic) bond motifs is 1. The van der Waals surface area contributed by atoms with E-state index in [9.17, 15) is 9.90 Å². The molecule has 0 fully saturated rings. The van der Waals surface area contributed by atoms with Gasteiger partial charge in [0.25, 0.3) is 5.91 Å². The Balaban J connectivity index is 1.27. The van der Waals surface area contributed by atoms with Crippen LogP contribution in [-0.4, -0.2) is 29.1 Å². The van der Waals surface area contributed by atoms with Gasteiger partial charge in [-0.2, -0.15) is 0 Å². The van der Waals surface area contributed by atoms with Crippen LogP contribution >= 0.6 is 0 Å². The van der Waals surface area contributed by atoms with Crippen molar-refractivity contribution in [2.75, 3.05) is 13.1 Å². The SMILES string of the molecule is C/C(=C\c1ccccc1)CCNC(=O)c1ccccc1CNCCc1c[nH]c2cc(O)ccc12. The number of rotatable bonds is 10. The first-order valence-corrected chi connectivity index (χ1v) is 11.7. The number of nitrogens with one attached hydrogen (secondary N) is 3. The Kier molecular flexibility index (Phi) is 7.79. The summed E-state index contributed by atoms with van der Waals surface area (Å²) in [6.45, 7) is 4.10. The summed E-state index contributed by atoms with van der Waals surface area (Å²) in [5.74, 6) is 0.220. The molecule has 3 aromatic carbocycles. The zero-order chi connectivity index (χ0) is 23.8. The molecule has 174 valence electrons. The smallest absolute Gasteiger partial charge is 0.251 e. The van der Waals surface area contributed by atoms with Crippen LogP contribution in [0.4, 0.5) is 0 Å². The number of benzene rings is 3. The fourth-order valence-electron chi connectivity index (χ4n) is 4.10. The summed E-state index contributed by atoms with van der Waals surface area (Å²) in [6, 6.07) is 23.3. The average molecular weight is 454 g/mol. The van der Waals surface area contributed by atoms with E-state index in [1.807, 2.05) is 54.7 Å². The molecule has 0 unspecified atom stereocenters. The maximum atomic E-state index is 12.8. The number of phenols is 1. The Morgan fingerprint density at radius 3 is 2.62 bits per heavy atom. The van der Waals surface area contributed by atoms with E-state index < -0.39 is 0 Å². The topological polar surface area (TPSA) is 77.2 Å². The number of phenolic OH excluding ortho intramolecular Hbond substituents is 1. The highest BCUT2D eigenvalue weighted by molar-refractivity contribution is 5.95. The number of carbonyl (C=O) groups excluding carboxylic acids is 1. The molecule has 0 radical (unpaired) electrons. The number of hydrogen-bond acceptors (Lipinski definition) is 3. The number of carbonyl (C=O) groups is 1. The molecule has 0 saturated carbocycles.